The molecule has 0 amide bonds. The van der Waals surface area contributed by atoms with Crippen molar-refractivity contribution in [2.45, 2.75) is 19.5 Å². The van der Waals surface area contributed by atoms with Crippen LogP contribution in [-0.2, 0) is 24.7 Å². The van der Waals surface area contributed by atoms with Crippen LogP contribution in [0.2, 0.25) is 0 Å². The molecule has 6 bridgehead atoms. The predicted molar refractivity (Wildman–Crippen MR) is 215 cm³/mol. The molecular weight excluding hydrogens is 657 g/mol. The topological polar surface area (TPSA) is 62.5 Å². The molecule has 242 valence electrons. The summed E-state index contributed by atoms with van der Waals surface area (Å²) in [6.45, 7) is 3.88. The van der Waals surface area contributed by atoms with Crippen molar-refractivity contribution in [1.29, 1.82) is 0 Å². The van der Waals surface area contributed by atoms with Gasteiger partial charge in [-0.05, 0) is 112 Å². The van der Waals surface area contributed by atoms with Crippen LogP contribution in [0, 0.1) is 0 Å². The summed E-state index contributed by atoms with van der Waals surface area (Å²) in [6.07, 6.45) is 0. The summed E-state index contributed by atoms with van der Waals surface area (Å²) in [6, 6.07) is 22.9. The molecule has 3 aromatic heterocycles. The van der Waals surface area contributed by atoms with Gasteiger partial charge in [0.15, 0.2) is 0 Å². The van der Waals surface area contributed by atoms with Crippen molar-refractivity contribution in [3.05, 3.63) is 60.7 Å². The quantitative estimate of drug-likeness (QED) is 0.106. The van der Waals surface area contributed by atoms with Crippen molar-refractivity contribution < 1.29 is 19.1 Å². The standard InChI is InChI=1S/C47H20N2O4/c1-3-52-45(50)47(46(51)53-4-2)48-23-13-11-21-19-9-7-17-15-5-6-16-18-8-10-20-22-12-14-24(23)49(47)44-32(22)36-30(20)28(18)34-26(16)25(15)33-27(17)29(19)35-31(21)43(48)42(44)41-39(35)37(33)38(34)40(36)41/h5-14H,3-4H2,1-2H3. The Balaban J connectivity index is 1.39. The summed E-state index contributed by atoms with van der Waals surface area (Å²) < 4.78 is 16.0. The van der Waals surface area contributed by atoms with E-state index in [1.54, 1.807) is 13.8 Å². The van der Waals surface area contributed by atoms with Gasteiger partial charge in [-0.25, -0.2) is 9.59 Å². The Morgan fingerprint density at radius 3 is 1.00 bits per heavy atom. The predicted octanol–water partition coefficient (Wildman–Crippen LogP) is 11.0. The highest BCUT2D eigenvalue weighted by molar-refractivity contribution is 6.69. The van der Waals surface area contributed by atoms with Crippen LogP contribution in [0.3, 0.4) is 0 Å². The Hall–Kier alpha value is -6.66. The van der Waals surface area contributed by atoms with Crippen LogP contribution < -0.4 is 0 Å². The van der Waals surface area contributed by atoms with Gasteiger partial charge in [0.25, 0.3) is 0 Å². The number of esters is 2. The second-order valence-electron chi connectivity index (χ2n) is 16.0. The third-order valence-electron chi connectivity index (χ3n) is 14.5. The molecule has 0 N–H and O–H groups in total. The zero-order chi connectivity index (χ0) is 34.0. The summed E-state index contributed by atoms with van der Waals surface area (Å²) >= 11 is 0. The maximum Gasteiger partial charge on any atom is 0.366 e. The maximum atomic E-state index is 15.0. The van der Waals surface area contributed by atoms with E-state index in [2.05, 4.69) is 60.7 Å². The second-order valence-corrected chi connectivity index (χ2v) is 16.0. The number of hydrogen-bond acceptors (Lipinski definition) is 4. The number of hydrogen-bond donors (Lipinski definition) is 0. The molecule has 53 heavy (non-hydrogen) atoms. The monoisotopic (exact) mass is 676 g/mol. The van der Waals surface area contributed by atoms with Gasteiger partial charge in [-0.1, -0.05) is 48.5 Å². The van der Waals surface area contributed by atoms with Crippen molar-refractivity contribution >= 4 is 174 Å². The van der Waals surface area contributed by atoms with Gasteiger partial charge < -0.3 is 9.47 Å². The van der Waals surface area contributed by atoms with Crippen LogP contribution in [0.4, 0.5) is 0 Å². The van der Waals surface area contributed by atoms with Crippen LogP contribution in [0.1, 0.15) is 13.8 Å². The zero-order valence-electron chi connectivity index (χ0n) is 28.2. The molecule has 0 fully saturated rings. The number of fused-ring (bicyclic) bond motifs is 4. The molecule has 0 radical (unpaired) electrons. The van der Waals surface area contributed by atoms with Crippen molar-refractivity contribution in [2.75, 3.05) is 13.2 Å². The fraction of sp³-hybridized carbons (Fsp3) is 0.106. The molecule has 0 spiro atoms. The average molecular weight is 677 g/mol. The van der Waals surface area contributed by atoms with Crippen LogP contribution in [0.15, 0.2) is 60.7 Å². The highest BCUT2D eigenvalue weighted by Crippen LogP contribution is 2.67. The number of ether oxygens (including phenoxy) is 2. The van der Waals surface area contributed by atoms with Gasteiger partial charge in [-0.2, -0.15) is 0 Å². The summed E-state index contributed by atoms with van der Waals surface area (Å²) in [5, 5.41) is 33.5. The first-order chi connectivity index (χ1) is 26.1. The number of carbonyl (C=O) groups is 2. The Labute approximate surface area is 294 Å². The first-order valence-electron chi connectivity index (χ1n) is 18.7. The van der Waals surface area contributed by atoms with Gasteiger partial charge in [0.1, 0.15) is 0 Å². The minimum atomic E-state index is -1.92. The molecule has 6 nitrogen and oxygen atoms in total. The SMILES string of the molecule is CCOC(=O)C1(C(=O)OCC)n2c3ccc4c5ccc6c7ccc8c9ccc%10c%11ccc3n1c1c%11c3c%10c9c9c8c7c7c6c5c5c6c7c9c3c6c1c2c45. The van der Waals surface area contributed by atoms with Crippen LogP contribution in [0.25, 0.3) is 162 Å². The Morgan fingerprint density at radius 1 is 0.396 bits per heavy atom. The molecule has 0 atom stereocenters. The van der Waals surface area contributed by atoms with E-state index in [0.29, 0.717) is 0 Å². The van der Waals surface area contributed by atoms with Crippen LogP contribution in [-0.4, -0.2) is 34.3 Å². The van der Waals surface area contributed by atoms with Crippen LogP contribution >= 0.6 is 0 Å². The highest BCUT2D eigenvalue weighted by Gasteiger charge is 2.59. The molecule has 1 aliphatic heterocycles. The summed E-state index contributed by atoms with van der Waals surface area (Å²) in [5.74, 6) is -1.23. The molecule has 0 aliphatic carbocycles. The maximum absolute atomic E-state index is 15.0. The molecule has 6 heteroatoms. The van der Waals surface area contributed by atoms with Gasteiger partial charge in [0.05, 0.1) is 35.3 Å². The van der Waals surface area contributed by atoms with E-state index in [9.17, 15) is 0 Å². The molecule has 1 aliphatic rings. The van der Waals surface area contributed by atoms with E-state index in [1.165, 1.54) is 113 Å². The number of nitrogens with zero attached hydrogens (tertiary/aromatic N) is 2. The zero-order valence-corrected chi connectivity index (χ0v) is 28.2. The fourth-order valence-corrected chi connectivity index (χ4v) is 13.3. The number of carbonyl (C=O) groups excluding carboxylic acids is 2. The van der Waals surface area contributed by atoms with E-state index >= 15 is 9.59 Å². The first kappa shape index (κ1) is 24.5. The Bertz CT molecular complexity index is 4040. The lowest BCUT2D eigenvalue weighted by molar-refractivity contribution is -0.171. The van der Waals surface area contributed by atoms with E-state index in [1.807, 2.05) is 9.13 Å². The van der Waals surface area contributed by atoms with E-state index < -0.39 is 17.6 Å². The molecule has 0 saturated heterocycles. The fourth-order valence-electron chi connectivity index (χ4n) is 13.3. The van der Waals surface area contributed by atoms with Gasteiger partial charge in [-0.3, -0.25) is 9.13 Å². The molecule has 0 saturated carbocycles. The third-order valence-corrected chi connectivity index (χ3v) is 14.5. The largest absolute Gasteiger partial charge is 0.462 e. The number of aromatic nitrogens is 2. The first-order valence-corrected chi connectivity index (χ1v) is 18.7. The molecule has 0 unspecified atom stereocenters. The van der Waals surface area contributed by atoms with Gasteiger partial charge in [0, 0.05) is 53.9 Å². The number of benzene rings is 8. The normalized spacial score (nSPS) is 15.8. The smallest absolute Gasteiger partial charge is 0.366 e. The van der Waals surface area contributed by atoms with Gasteiger partial charge >= 0.3 is 17.6 Å². The summed E-state index contributed by atoms with van der Waals surface area (Å²) in [5.41, 5.74) is 1.53. The third kappa shape index (κ3) is 1.82. The lowest BCUT2D eigenvalue weighted by Gasteiger charge is -2.35. The summed E-state index contributed by atoms with van der Waals surface area (Å²) in [4.78, 5) is 30.1. The van der Waals surface area contributed by atoms with Crippen molar-refractivity contribution in [3.63, 3.8) is 0 Å². The van der Waals surface area contributed by atoms with Crippen molar-refractivity contribution in [1.82, 2.24) is 9.13 Å². The highest BCUT2D eigenvalue weighted by atomic mass is 16.6. The van der Waals surface area contributed by atoms with Crippen molar-refractivity contribution in [2.24, 2.45) is 0 Å². The molecular formula is C47H20N2O4. The van der Waals surface area contributed by atoms with Gasteiger partial charge in [0.2, 0.25) is 0 Å². The second kappa shape index (κ2) is 6.70. The van der Waals surface area contributed by atoms with Crippen molar-refractivity contribution in [3.8, 4) is 0 Å². The van der Waals surface area contributed by atoms with E-state index in [0.717, 1.165) is 49.0 Å². The lowest BCUT2D eigenvalue weighted by Crippen LogP contribution is -2.55. The summed E-state index contributed by atoms with van der Waals surface area (Å²) in [7, 11) is 0. The van der Waals surface area contributed by atoms with Gasteiger partial charge in [-0.15, -0.1) is 0 Å². The minimum absolute atomic E-state index is 0.134. The number of rotatable bonds is 4. The van der Waals surface area contributed by atoms with Crippen LogP contribution in [0.5, 0.6) is 0 Å². The lowest BCUT2D eigenvalue weighted by atomic mass is 9.90. The molecule has 4 heterocycles. The molecule has 17 rings (SSSR count). The minimum Gasteiger partial charge on any atom is -0.462 e. The van der Waals surface area contributed by atoms with E-state index in [-0.39, 0.29) is 13.2 Å². The van der Waals surface area contributed by atoms with E-state index in [4.69, 9.17) is 9.47 Å². The molecule has 13 aromatic carbocycles. The average Bonchev–Trinajstić information content (AvgIpc) is 3.93. The Morgan fingerprint density at radius 2 is 0.660 bits per heavy atom. The molecule has 16 aromatic rings. The Kier molecular flexibility index (Phi) is 3.10.